The number of hydrogen-bond acceptors (Lipinski definition) is 4. The van der Waals surface area contributed by atoms with Crippen molar-refractivity contribution < 1.29 is 14.3 Å². The Balaban J connectivity index is 1.84. The van der Waals surface area contributed by atoms with Crippen molar-refractivity contribution in [3.05, 3.63) is 47.3 Å². The van der Waals surface area contributed by atoms with Crippen LogP contribution in [0, 0.1) is 5.82 Å². The van der Waals surface area contributed by atoms with E-state index in [1.165, 1.54) is 12.1 Å². The zero-order chi connectivity index (χ0) is 14.5. The molecule has 1 aromatic carbocycles. The van der Waals surface area contributed by atoms with Gasteiger partial charge in [-0.25, -0.2) is 9.18 Å². The lowest BCUT2D eigenvalue weighted by Crippen LogP contribution is -2.18. The Morgan fingerprint density at radius 3 is 2.90 bits per heavy atom. The fraction of sp³-hybridized carbons (Fsp3) is 0.308. The Morgan fingerprint density at radius 1 is 1.50 bits per heavy atom. The molecular weight excluding hydrogens is 263 g/mol. The molecule has 7 heteroatoms. The van der Waals surface area contributed by atoms with Crippen molar-refractivity contribution in [2.75, 3.05) is 6.54 Å². The lowest BCUT2D eigenvalue weighted by molar-refractivity contribution is 0.0692. The molecule has 2 aromatic rings. The molecule has 6 nitrogen and oxygen atoms in total. The summed E-state index contributed by atoms with van der Waals surface area (Å²) in [5.74, 6) is -1.11. The first-order valence-electron chi connectivity index (χ1n) is 6.13. The van der Waals surface area contributed by atoms with E-state index in [4.69, 9.17) is 5.11 Å². The normalized spacial score (nSPS) is 10.7. The predicted molar refractivity (Wildman–Crippen MR) is 69.8 cm³/mol. The Kier molecular flexibility index (Phi) is 4.41. The van der Waals surface area contributed by atoms with Gasteiger partial charge in [-0.2, -0.15) is 0 Å². The molecule has 0 aliphatic heterocycles. The average molecular weight is 278 g/mol. The molecule has 0 amide bonds. The molecule has 0 aliphatic rings. The van der Waals surface area contributed by atoms with E-state index in [-0.39, 0.29) is 5.56 Å². The highest BCUT2D eigenvalue weighted by Gasteiger charge is 2.10. The number of rotatable bonds is 6. The minimum Gasteiger partial charge on any atom is -0.478 e. The van der Waals surface area contributed by atoms with Crippen molar-refractivity contribution in [1.29, 1.82) is 0 Å². The Morgan fingerprint density at radius 2 is 2.30 bits per heavy atom. The second-order valence-corrected chi connectivity index (χ2v) is 4.40. The van der Waals surface area contributed by atoms with E-state index < -0.39 is 11.8 Å². The van der Waals surface area contributed by atoms with Gasteiger partial charge in [0.25, 0.3) is 0 Å². The summed E-state index contributed by atoms with van der Waals surface area (Å²) in [7, 11) is 1.87. The summed E-state index contributed by atoms with van der Waals surface area (Å²) in [5, 5.41) is 19.6. The van der Waals surface area contributed by atoms with Gasteiger partial charge in [0, 0.05) is 26.6 Å². The SMILES string of the molecule is Cn1cnnc1CCNCc1ccc(C(=O)O)c(F)c1. The third-order valence-corrected chi connectivity index (χ3v) is 2.92. The number of aromatic carboxylic acids is 1. The van der Waals surface area contributed by atoms with Crippen molar-refractivity contribution in [3.63, 3.8) is 0 Å². The predicted octanol–water partition coefficient (Wildman–Crippen LogP) is 0.985. The van der Waals surface area contributed by atoms with Crippen LogP contribution in [0.5, 0.6) is 0 Å². The van der Waals surface area contributed by atoms with Crippen molar-refractivity contribution in [1.82, 2.24) is 20.1 Å². The maximum Gasteiger partial charge on any atom is 0.338 e. The van der Waals surface area contributed by atoms with Gasteiger partial charge in [0.15, 0.2) is 0 Å². The summed E-state index contributed by atoms with van der Waals surface area (Å²) in [6.07, 6.45) is 2.35. The highest BCUT2D eigenvalue weighted by Crippen LogP contribution is 2.10. The standard InChI is InChI=1S/C13H15FN4O2/c1-18-8-16-17-12(18)4-5-15-7-9-2-3-10(13(19)20)11(14)6-9/h2-3,6,8,15H,4-5,7H2,1H3,(H,19,20). The van der Waals surface area contributed by atoms with Gasteiger partial charge in [0.05, 0.1) is 5.56 Å². The number of nitrogens with zero attached hydrogens (tertiary/aromatic N) is 3. The van der Waals surface area contributed by atoms with Crippen LogP contribution in [0.2, 0.25) is 0 Å². The van der Waals surface area contributed by atoms with Crippen LogP contribution in [0.15, 0.2) is 24.5 Å². The van der Waals surface area contributed by atoms with E-state index >= 15 is 0 Å². The number of halogens is 1. The molecular formula is C13H15FN4O2. The fourth-order valence-corrected chi connectivity index (χ4v) is 1.81. The van der Waals surface area contributed by atoms with Crippen molar-refractivity contribution in [2.24, 2.45) is 7.05 Å². The molecule has 1 aromatic heterocycles. The number of aromatic nitrogens is 3. The molecule has 1 heterocycles. The number of carboxylic acids is 1. The van der Waals surface area contributed by atoms with Crippen molar-refractivity contribution in [2.45, 2.75) is 13.0 Å². The summed E-state index contributed by atoms with van der Waals surface area (Å²) in [5.41, 5.74) is 0.387. The second-order valence-electron chi connectivity index (χ2n) is 4.40. The summed E-state index contributed by atoms with van der Waals surface area (Å²) >= 11 is 0. The Labute approximate surface area is 115 Å². The van der Waals surface area contributed by atoms with Gasteiger partial charge in [-0.15, -0.1) is 10.2 Å². The van der Waals surface area contributed by atoms with E-state index in [1.54, 1.807) is 12.4 Å². The molecule has 0 unspecified atom stereocenters. The molecule has 0 radical (unpaired) electrons. The summed E-state index contributed by atoms with van der Waals surface area (Å²) in [4.78, 5) is 10.7. The molecule has 2 N–H and O–H groups in total. The molecule has 0 fully saturated rings. The van der Waals surface area contributed by atoms with E-state index in [9.17, 15) is 9.18 Å². The van der Waals surface area contributed by atoms with Gasteiger partial charge in [-0.05, 0) is 17.7 Å². The highest BCUT2D eigenvalue weighted by atomic mass is 19.1. The quantitative estimate of drug-likeness (QED) is 0.770. The first-order chi connectivity index (χ1) is 9.58. The minimum atomic E-state index is -1.26. The number of carboxylic acid groups (broad SMARTS) is 1. The maximum absolute atomic E-state index is 13.5. The third-order valence-electron chi connectivity index (χ3n) is 2.92. The highest BCUT2D eigenvalue weighted by molar-refractivity contribution is 5.87. The third kappa shape index (κ3) is 3.39. The first kappa shape index (κ1) is 14.1. The van der Waals surface area contributed by atoms with Crippen molar-refractivity contribution in [3.8, 4) is 0 Å². The number of aryl methyl sites for hydroxylation is 1. The first-order valence-corrected chi connectivity index (χ1v) is 6.13. The van der Waals surface area contributed by atoms with Crippen LogP contribution in [-0.2, 0) is 20.0 Å². The fourth-order valence-electron chi connectivity index (χ4n) is 1.81. The maximum atomic E-state index is 13.5. The second kappa shape index (κ2) is 6.25. The molecule has 0 saturated carbocycles. The smallest absolute Gasteiger partial charge is 0.338 e. The monoisotopic (exact) mass is 278 g/mol. The summed E-state index contributed by atoms with van der Waals surface area (Å²) < 4.78 is 15.3. The van der Waals surface area contributed by atoms with Crippen LogP contribution >= 0.6 is 0 Å². The largest absolute Gasteiger partial charge is 0.478 e. The van der Waals surface area contributed by atoms with Crippen LogP contribution in [0.1, 0.15) is 21.7 Å². The van der Waals surface area contributed by atoms with Gasteiger partial charge in [0.2, 0.25) is 0 Å². The molecule has 0 bridgehead atoms. The van der Waals surface area contributed by atoms with E-state index in [0.717, 1.165) is 5.82 Å². The molecule has 0 aliphatic carbocycles. The molecule has 2 rings (SSSR count). The summed E-state index contributed by atoms with van der Waals surface area (Å²) in [6, 6.07) is 4.11. The molecule has 0 atom stereocenters. The van der Waals surface area contributed by atoms with Crippen LogP contribution in [0.25, 0.3) is 0 Å². The van der Waals surface area contributed by atoms with Crippen LogP contribution in [-0.4, -0.2) is 32.4 Å². The number of hydrogen-bond donors (Lipinski definition) is 2. The number of carbonyl (C=O) groups is 1. The van der Waals surface area contributed by atoms with E-state index in [0.29, 0.717) is 25.1 Å². The van der Waals surface area contributed by atoms with Gasteiger partial charge in [0.1, 0.15) is 18.0 Å². The lowest BCUT2D eigenvalue weighted by Gasteiger charge is -2.06. The van der Waals surface area contributed by atoms with Gasteiger partial charge in [-0.3, -0.25) is 0 Å². The van der Waals surface area contributed by atoms with Crippen LogP contribution in [0.4, 0.5) is 4.39 Å². The van der Waals surface area contributed by atoms with Gasteiger partial charge >= 0.3 is 5.97 Å². The van der Waals surface area contributed by atoms with E-state index in [1.807, 2.05) is 11.6 Å². The molecule has 106 valence electrons. The Hall–Kier alpha value is -2.28. The molecule has 0 spiro atoms. The van der Waals surface area contributed by atoms with Crippen LogP contribution < -0.4 is 5.32 Å². The topological polar surface area (TPSA) is 80.0 Å². The zero-order valence-corrected chi connectivity index (χ0v) is 11.0. The molecule has 20 heavy (non-hydrogen) atoms. The van der Waals surface area contributed by atoms with Crippen LogP contribution in [0.3, 0.4) is 0 Å². The summed E-state index contributed by atoms with van der Waals surface area (Å²) in [6.45, 7) is 1.14. The molecule has 0 saturated heterocycles. The Bertz CT molecular complexity index is 612. The zero-order valence-electron chi connectivity index (χ0n) is 11.0. The number of benzene rings is 1. The van der Waals surface area contributed by atoms with E-state index in [2.05, 4.69) is 15.5 Å². The number of nitrogens with one attached hydrogen (secondary N) is 1. The van der Waals surface area contributed by atoms with Gasteiger partial charge in [-0.1, -0.05) is 6.07 Å². The van der Waals surface area contributed by atoms with Gasteiger partial charge < -0.3 is 15.0 Å². The van der Waals surface area contributed by atoms with Crippen molar-refractivity contribution >= 4 is 5.97 Å². The minimum absolute atomic E-state index is 0.312. The average Bonchev–Trinajstić information content (AvgIpc) is 2.80. The lowest BCUT2D eigenvalue weighted by atomic mass is 10.1.